The van der Waals surface area contributed by atoms with Gasteiger partial charge in [0.25, 0.3) is 0 Å². The van der Waals surface area contributed by atoms with Crippen LogP contribution in [0.3, 0.4) is 0 Å². The molecule has 106 valence electrons. The molecule has 2 aromatic heterocycles. The minimum absolute atomic E-state index is 0. The van der Waals surface area contributed by atoms with Crippen LogP contribution in [0.2, 0.25) is 0 Å². The van der Waals surface area contributed by atoms with Crippen LogP contribution in [0.4, 0.5) is 5.69 Å². The molecule has 0 radical (unpaired) electrons. The Bertz CT molecular complexity index is 503. The van der Waals surface area contributed by atoms with Gasteiger partial charge >= 0.3 is 0 Å². The fraction of sp³-hybridized carbons (Fsp3) is 0.538. The number of halogens is 1. The molecule has 0 aliphatic carbocycles. The number of aromatic nitrogens is 4. The van der Waals surface area contributed by atoms with E-state index in [2.05, 4.69) is 35.6 Å². The highest BCUT2D eigenvalue weighted by atomic mass is 35.5. The zero-order chi connectivity index (χ0) is 13.0. The van der Waals surface area contributed by atoms with Crippen LogP contribution in [0.25, 0.3) is 0 Å². The summed E-state index contributed by atoms with van der Waals surface area (Å²) in [7, 11) is 0. The summed E-state index contributed by atoms with van der Waals surface area (Å²) in [6.07, 6.45) is 7.11. The van der Waals surface area contributed by atoms with Crippen molar-refractivity contribution in [3.63, 3.8) is 0 Å². The van der Waals surface area contributed by atoms with Gasteiger partial charge in [0.1, 0.15) is 0 Å². The summed E-state index contributed by atoms with van der Waals surface area (Å²) in [6, 6.07) is 0. The van der Waals surface area contributed by atoms with Crippen molar-refractivity contribution in [2.24, 2.45) is 0 Å². The van der Waals surface area contributed by atoms with Gasteiger partial charge in [-0.15, -0.1) is 12.4 Å². The first-order valence-electron chi connectivity index (χ1n) is 6.52. The highest BCUT2D eigenvalue weighted by Crippen LogP contribution is 2.11. The second kappa shape index (κ2) is 7.19. The molecule has 0 saturated heterocycles. The summed E-state index contributed by atoms with van der Waals surface area (Å²) in [4.78, 5) is 0. The summed E-state index contributed by atoms with van der Waals surface area (Å²) in [5, 5.41) is 12.1. The molecule has 0 saturated carbocycles. The third-order valence-electron chi connectivity index (χ3n) is 2.94. The van der Waals surface area contributed by atoms with Crippen LogP contribution < -0.4 is 5.32 Å². The van der Waals surface area contributed by atoms with Crippen molar-refractivity contribution in [1.82, 2.24) is 19.6 Å². The summed E-state index contributed by atoms with van der Waals surface area (Å²) in [5.74, 6) is 0. The van der Waals surface area contributed by atoms with Crippen LogP contribution in [0.5, 0.6) is 0 Å². The van der Waals surface area contributed by atoms with Gasteiger partial charge in [-0.3, -0.25) is 9.36 Å². The molecule has 2 aromatic rings. The van der Waals surface area contributed by atoms with Crippen molar-refractivity contribution < 1.29 is 0 Å². The van der Waals surface area contributed by atoms with Crippen molar-refractivity contribution in [2.75, 3.05) is 5.32 Å². The van der Waals surface area contributed by atoms with Crippen molar-refractivity contribution in [2.45, 2.75) is 46.8 Å². The van der Waals surface area contributed by atoms with Crippen LogP contribution in [0, 0.1) is 6.92 Å². The Hall–Kier alpha value is -1.49. The van der Waals surface area contributed by atoms with E-state index in [1.54, 1.807) is 0 Å². The maximum Gasteiger partial charge on any atom is 0.0729 e. The molecule has 5 nitrogen and oxygen atoms in total. The molecule has 0 atom stereocenters. The van der Waals surface area contributed by atoms with Gasteiger partial charge in [0.15, 0.2) is 0 Å². The topological polar surface area (TPSA) is 47.7 Å². The molecule has 19 heavy (non-hydrogen) atoms. The number of hydrogen-bond donors (Lipinski definition) is 1. The molecule has 0 unspecified atom stereocenters. The molecule has 0 bridgehead atoms. The lowest BCUT2D eigenvalue weighted by atomic mass is 10.2. The normalized spacial score (nSPS) is 10.3. The molecular formula is C13H22ClN5. The third kappa shape index (κ3) is 3.99. The summed E-state index contributed by atoms with van der Waals surface area (Å²) in [5.41, 5.74) is 3.39. The third-order valence-corrected chi connectivity index (χ3v) is 2.94. The molecule has 0 amide bonds. The number of nitrogens with zero attached hydrogens (tertiary/aromatic N) is 4. The van der Waals surface area contributed by atoms with E-state index < -0.39 is 0 Å². The molecule has 1 N–H and O–H groups in total. The lowest BCUT2D eigenvalue weighted by molar-refractivity contribution is 0.603. The Labute approximate surface area is 120 Å². The number of anilines is 1. The quantitative estimate of drug-likeness (QED) is 0.887. The van der Waals surface area contributed by atoms with Crippen molar-refractivity contribution >= 4 is 18.1 Å². The second-order valence-corrected chi connectivity index (χ2v) is 4.44. The Balaban J connectivity index is 0.00000180. The van der Waals surface area contributed by atoms with E-state index in [1.165, 1.54) is 5.56 Å². The average Bonchev–Trinajstić information content (AvgIpc) is 2.94. The van der Waals surface area contributed by atoms with Gasteiger partial charge < -0.3 is 5.32 Å². The summed E-state index contributed by atoms with van der Waals surface area (Å²) in [6.45, 7) is 8.97. The Morgan fingerprint density at radius 2 is 2.00 bits per heavy atom. The van der Waals surface area contributed by atoms with Gasteiger partial charge in [-0.05, 0) is 20.3 Å². The molecule has 0 aliphatic heterocycles. The van der Waals surface area contributed by atoms with Gasteiger partial charge in [0, 0.05) is 37.6 Å². The van der Waals surface area contributed by atoms with E-state index >= 15 is 0 Å². The van der Waals surface area contributed by atoms with E-state index in [0.717, 1.165) is 37.4 Å². The SMILES string of the molecule is CCCn1cc(NCc2cn(CC)nc2C)cn1.Cl. The highest BCUT2D eigenvalue weighted by Gasteiger charge is 2.04. The van der Waals surface area contributed by atoms with Crippen molar-refractivity contribution in [1.29, 1.82) is 0 Å². The number of hydrogen-bond acceptors (Lipinski definition) is 3. The smallest absolute Gasteiger partial charge is 0.0729 e. The molecule has 2 heterocycles. The van der Waals surface area contributed by atoms with Crippen LogP contribution in [-0.4, -0.2) is 19.6 Å². The first kappa shape index (κ1) is 15.6. The zero-order valence-corrected chi connectivity index (χ0v) is 12.6. The molecule has 0 aromatic carbocycles. The predicted octanol–water partition coefficient (Wildman–Crippen LogP) is 2.85. The summed E-state index contributed by atoms with van der Waals surface area (Å²) >= 11 is 0. The minimum Gasteiger partial charge on any atom is -0.378 e. The summed E-state index contributed by atoms with van der Waals surface area (Å²) < 4.78 is 3.93. The largest absolute Gasteiger partial charge is 0.378 e. The molecule has 0 fully saturated rings. The first-order valence-corrected chi connectivity index (χ1v) is 6.52. The standard InChI is InChI=1S/C13H21N5.ClH/c1-4-6-18-10-13(8-15-18)14-7-12-9-17(5-2)16-11(12)3;/h8-10,14H,4-7H2,1-3H3;1H. The Morgan fingerprint density at radius 1 is 1.21 bits per heavy atom. The van der Waals surface area contributed by atoms with E-state index in [9.17, 15) is 0 Å². The van der Waals surface area contributed by atoms with E-state index in [4.69, 9.17) is 0 Å². The first-order chi connectivity index (χ1) is 8.72. The molecule has 0 aliphatic rings. The van der Waals surface area contributed by atoms with Gasteiger partial charge in [0.2, 0.25) is 0 Å². The molecule has 2 rings (SSSR count). The monoisotopic (exact) mass is 283 g/mol. The van der Waals surface area contributed by atoms with Gasteiger partial charge in [0.05, 0.1) is 17.6 Å². The molecule has 0 spiro atoms. The average molecular weight is 284 g/mol. The molecular weight excluding hydrogens is 262 g/mol. The number of rotatable bonds is 6. The van der Waals surface area contributed by atoms with E-state index in [-0.39, 0.29) is 12.4 Å². The fourth-order valence-corrected chi connectivity index (χ4v) is 1.90. The number of aryl methyl sites for hydroxylation is 3. The molecule has 6 heteroatoms. The number of nitrogens with one attached hydrogen (secondary N) is 1. The Kier molecular flexibility index (Phi) is 5.89. The predicted molar refractivity (Wildman–Crippen MR) is 79.7 cm³/mol. The van der Waals surface area contributed by atoms with E-state index in [0.29, 0.717) is 0 Å². The van der Waals surface area contributed by atoms with Gasteiger partial charge in [-0.1, -0.05) is 6.92 Å². The van der Waals surface area contributed by atoms with Gasteiger partial charge in [-0.2, -0.15) is 10.2 Å². The Morgan fingerprint density at radius 3 is 2.63 bits per heavy atom. The van der Waals surface area contributed by atoms with Crippen molar-refractivity contribution in [3.05, 3.63) is 29.8 Å². The highest BCUT2D eigenvalue weighted by molar-refractivity contribution is 5.85. The second-order valence-electron chi connectivity index (χ2n) is 4.44. The van der Waals surface area contributed by atoms with Gasteiger partial charge in [-0.25, -0.2) is 0 Å². The van der Waals surface area contributed by atoms with E-state index in [1.807, 2.05) is 28.7 Å². The van der Waals surface area contributed by atoms with Crippen LogP contribution in [0.1, 0.15) is 31.5 Å². The van der Waals surface area contributed by atoms with Crippen LogP contribution >= 0.6 is 12.4 Å². The fourth-order valence-electron chi connectivity index (χ4n) is 1.90. The maximum absolute atomic E-state index is 4.43. The zero-order valence-electron chi connectivity index (χ0n) is 11.8. The maximum atomic E-state index is 4.43. The van der Waals surface area contributed by atoms with Crippen LogP contribution in [-0.2, 0) is 19.6 Å². The lowest BCUT2D eigenvalue weighted by Crippen LogP contribution is -1.99. The van der Waals surface area contributed by atoms with Crippen LogP contribution in [0.15, 0.2) is 18.6 Å². The minimum atomic E-state index is 0. The lowest BCUT2D eigenvalue weighted by Gasteiger charge is -2.01. The van der Waals surface area contributed by atoms with Crippen molar-refractivity contribution in [3.8, 4) is 0 Å².